The van der Waals surface area contributed by atoms with Gasteiger partial charge in [-0.1, -0.05) is 12.1 Å². The van der Waals surface area contributed by atoms with Gasteiger partial charge in [0.1, 0.15) is 0 Å². The number of benzene rings is 1. The van der Waals surface area contributed by atoms with Crippen LogP contribution in [0.1, 0.15) is 25.7 Å². The van der Waals surface area contributed by atoms with Gasteiger partial charge in [-0.05, 0) is 31.2 Å². The first-order chi connectivity index (χ1) is 11.7. The van der Waals surface area contributed by atoms with E-state index in [-0.39, 0.29) is 24.5 Å². The Morgan fingerprint density at radius 2 is 2.00 bits per heavy atom. The second-order valence-corrected chi connectivity index (χ2v) is 6.28. The standard InChI is InChI=1S/C16H21NO8/c18-12-9-16(22,15(20)21)8-10(14(12)19)4-3-7-25-13-6-2-1-5-11(13)17(23)24/h1-2,5-6,10,12,14,18-19,22H,3-4,7-9H2,(H,20,21)/t10-,12+,14+,16-/m0/s1. The smallest absolute Gasteiger partial charge is 0.335 e. The molecule has 4 N–H and O–H groups in total. The van der Waals surface area contributed by atoms with Gasteiger partial charge in [0.2, 0.25) is 0 Å². The van der Waals surface area contributed by atoms with Crippen LogP contribution in [0.5, 0.6) is 5.75 Å². The molecule has 4 atom stereocenters. The van der Waals surface area contributed by atoms with Crippen LogP contribution in [0.15, 0.2) is 24.3 Å². The Balaban J connectivity index is 1.90. The summed E-state index contributed by atoms with van der Waals surface area (Å²) < 4.78 is 5.39. The van der Waals surface area contributed by atoms with Crippen molar-refractivity contribution in [1.29, 1.82) is 0 Å². The number of carboxylic acid groups (broad SMARTS) is 1. The lowest BCUT2D eigenvalue weighted by Gasteiger charge is -2.40. The molecule has 9 nitrogen and oxygen atoms in total. The molecule has 0 amide bonds. The third kappa shape index (κ3) is 4.44. The molecule has 9 heteroatoms. The highest BCUT2D eigenvalue weighted by Gasteiger charge is 2.48. The average molecular weight is 355 g/mol. The lowest BCUT2D eigenvalue weighted by molar-refractivity contribution is -0.385. The van der Waals surface area contributed by atoms with E-state index in [1.165, 1.54) is 18.2 Å². The molecule has 1 aliphatic rings. The quantitative estimate of drug-likeness (QED) is 0.317. The molecule has 0 radical (unpaired) electrons. The van der Waals surface area contributed by atoms with E-state index in [0.717, 1.165) is 0 Å². The summed E-state index contributed by atoms with van der Waals surface area (Å²) in [7, 11) is 0. The molecule has 0 aliphatic heterocycles. The van der Waals surface area contributed by atoms with E-state index < -0.39 is 41.0 Å². The van der Waals surface area contributed by atoms with Crippen molar-refractivity contribution in [3.05, 3.63) is 34.4 Å². The van der Waals surface area contributed by atoms with Crippen molar-refractivity contribution in [2.75, 3.05) is 6.61 Å². The number of para-hydroxylation sites is 2. The molecule has 0 spiro atoms. The number of rotatable bonds is 7. The summed E-state index contributed by atoms with van der Waals surface area (Å²) in [6.45, 7) is 0.121. The molecule has 0 bridgehead atoms. The summed E-state index contributed by atoms with van der Waals surface area (Å²) in [5.41, 5.74) is -2.22. The average Bonchev–Trinajstić information content (AvgIpc) is 2.56. The number of aliphatic hydroxyl groups excluding tert-OH is 2. The number of hydrogen-bond acceptors (Lipinski definition) is 7. The zero-order chi connectivity index (χ0) is 18.6. The Labute approximate surface area is 143 Å². The number of hydrogen-bond donors (Lipinski definition) is 4. The maximum Gasteiger partial charge on any atom is 0.335 e. The number of carboxylic acids is 1. The van der Waals surface area contributed by atoms with Gasteiger partial charge in [0.25, 0.3) is 0 Å². The first kappa shape index (κ1) is 19.1. The fraction of sp³-hybridized carbons (Fsp3) is 0.562. The van der Waals surface area contributed by atoms with E-state index in [1.54, 1.807) is 6.07 Å². The van der Waals surface area contributed by atoms with Gasteiger partial charge in [-0.2, -0.15) is 0 Å². The maximum atomic E-state index is 11.2. The second kappa shape index (κ2) is 7.77. The Hall–Kier alpha value is -2.23. The van der Waals surface area contributed by atoms with Crippen LogP contribution < -0.4 is 4.74 Å². The molecule has 0 unspecified atom stereocenters. The largest absolute Gasteiger partial charge is 0.487 e. The number of aliphatic carboxylic acids is 1. The van der Waals surface area contributed by atoms with E-state index >= 15 is 0 Å². The third-order valence-electron chi connectivity index (χ3n) is 4.46. The predicted octanol–water partition coefficient (Wildman–Crippen LogP) is 0.701. The van der Waals surface area contributed by atoms with E-state index in [1.807, 2.05) is 0 Å². The van der Waals surface area contributed by atoms with E-state index in [2.05, 4.69) is 0 Å². The highest BCUT2D eigenvalue weighted by molar-refractivity contribution is 5.77. The van der Waals surface area contributed by atoms with Gasteiger partial charge in [-0.25, -0.2) is 4.79 Å². The van der Waals surface area contributed by atoms with Crippen LogP contribution in [-0.4, -0.2) is 55.7 Å². The van der Waals surface area contributed by atoms with Gasteiger partial charge < -0.3 is 25.2 Å². The number of nitro benzene ring substituents is 1. The van der Waals surface area contributed by atoms with Crippen LogP contribution in [0.2, 0.25) is 0 Å². The molecule has 1 aromatic rings. The molecule has 1 saturated carbocycles. The van der Waals surface area contributed by atoms with Crippen LogP contribution >= 0.6 is 0 Å². The van der Waals surface area contributed by atoms with Crippen LogP contribution in [0.3, 0.4) is 0 Å². The van der Waals surface area contributed by atoms with Crippen molar-refractivity contribution in [2.45, 2.75) is 43.5 Å². The van der Waals surface area contributed by atoms with Crippen molar-refractivity contribution in [1.82, 2.24) is 0 Å². The highest BCUT2D eigenvalue weighted by Crippen LogP contribution is 2.36. The molecule has 0 heterocycles. The van der Waals surface area contributed by atoms with Crippen LogP contribution in [0, 0.1) is 16.0 Å². The summed E-state index contributed by atoms with van der Waals surface area (Å²) in [6, 6.07) is 5.93. The van der Waals surface area contributed by atoms with E-state index in [9.17, 15) is 30.2 Å². The van der Waals surface area contributed by atoms with Crippen LogP contribution in [-0.2, 0) is 4.79 Å². The van der Waals surface area contributed by atoms with Gasteiger partial charge in [0, 0.05) is 12.5 Å². The Morgan fingerprint density at radius 1 is 1.32 bits per heavy atom. The fourth-order valence-electron chi connectivity index (χ4n) is 3.12. The van der Waals surface area contributed by atoms with Crippen molar-refractivity contribution in [2.24, 2.45) is 5.92 Å². The summed E-state index contributed by atoms with van der Waals surface area (Å²) in [5.74, 6) is -1.92. The van der Waals surface area contributed by atoms with Crippen LogP contribution in [0.4, 0.5) is 5.69 Å². The van der Waals surface area contributed by atoms with E-state index in [4.69, 9.17) is 9.84 Å². The minimum absolute atomic E-state index is 0.121. The maximum absolute atomic E-state index is 11.2. The van der Waals surface area contributed by atoms with E-state index in [0.29, 0.717) is 12.8 Å². The van der Waals surface area contributed by atoms with Crippen molar-refractivity contribution >= 4 is 11.7 Å². The molecule has 138 valence electrons. The van der Waals surface area contributed by atoms with Gasteiger partial charge in [0.05, 0.1) is 23.7 Å². The van der Waals surface area contributed by atoms with Crippen molar-refractivity contribution < 1.29 is 34.9 Å². The number of carbonyl (C=O) groups is 1. The minimum Gasteiger partial charge on any atom is -0.487 e. The summed E-state index contributed by atoms with van der Waals surface area (Å²) in [5, 5.41) is 49.8. The monoisotopic (exact) mass is 355 g/mol. The molecular formula is C16H21NO8. The number of ether oxygens (including phenoxy) is 1. The molecule has 0 saturated heterocycles. The topological polar surface area (TPSA) is 150 Å². The highest BCUT2D eigenvalue weighted by atomic mass is 16.6. The fourth-order valence-corrected chi connectivity index (χ4v) is 3.12. The Kier molecular flexibility index (Phi) is 5.93. The van der Waals surface area contributed by atoms with Gasteiger partial charge >= 0.3 is 11.7 Å². The lowest BCUT2D eigenvalue weighted by Crippen LogP contribution is -2.53. The molecule has 1 fully saturated rings. The molecule has 25 heavy (non-hydrogen) atoms. The lowest BCUT2D eigenvalue weighted by atomic mass is 9.73. The first-order valence-electron chi connectivity index (χ1n) is 7.93. The zero-order valence-corrected chi connectivity index (χ0v) is 13.4. The summed E-state index contributed by atoms with van der Waals surface area (Å²) in [4.78, 5) is 21.5. The normalized spacial score (nSPS) is 29.2. The Morgan fingerprint density at radius 3 is 2.64 bits per heavy atom. The predicted molar refractivity (Wildman–Crippen MR) is 85.1 cm³/mol. The Bertz CT molecular complexity index is 636. The van der Waals surface area contributed by atoms with Gasteiger partial charge in [0.15, 0.2) is 11.4 Å². The number of nitrogens with zero attached hydrogens (tertiary/aromatic N) is 1. The van der Waals surface area contributed by atoms with Crippen molar-refractivity contribution in [3.63, 3.8) is 0 Å². The number of aliphatic hydroxyl groups is 3. The molecule has 1 aliphatic carbocycles. The summed E-state index contributed by atoms with van der Waals surface area (Å²) >= 11 is 0. The molecule has 2 rings (SSSR count). The summed E-state index contributed by atoms with van der Waals surface area (Å²) in [6.07, 6.45) is -2.38. The molecule has 1 aromatic carbocycles. The first-order valence-corrected chi connectivity index (χ1v) is 7.93. The van der Waals surface area contributed by atoms with Crippen molar-refractivity contribution in [3.8, 4) is 5.75 Å². The van der Waals surface area contributed by atoms with Gasteiger partial charge in [-0.15, -0.1) is 0 Å². The van der Waals surface area contributed by atoms with Gasteiger partial charge in [-0.3, -0.25) is 10.1 Å². The minimum atomic E-state index is -2.07. The SMILES string of the molecule is O=C(O)[C@]1(O)C[C@H](CCCOc2ccccc2[N+](=O)[O-])[C@@H](O)[C@H](O)C1. The van der Waals surface area contributed by atoms with Crippen LogP contribution in [0.25, 0.3) is 0 Å². The zero-order valence-electron chi connectivity index (χ0n) is 13.4. The number of nitro groups is 1. The third-order valence-corrected chi connectivity index (χ3v) is 4.46. The second-order valence-electron chi connectivity index (χ2n) is 6.28. The molecular weight excluding hydrogens is 334 g/mol. The molecule has 0 aromatic heterocycles.